The molecule has 0 radical (unpaired) electrons. The first kappa shape index (κ1) is 17.6. The molecule has 1 atom stereocenters. The van der Waals surface area contributed by atoms with Crippen molar-refractivity contribution in [3.63, 3.8) is 0 Å². The number of aromatic nitrogens is 1. The Morgan fingerprint density at radius 1 is 0.741 bits per heavy atom. The highest BCUT2D eigenvalue weighted by Crippen LogP contribution is 2.37. The number of rotatable bonds is 3. The lowest BCUT2D eigenvalue weighted by atomic mass is 9.96. The van der Waals surface area contributed by atoms with Crippen LogP contribution >= 0.6 is 0 Å². The van der Waals surface area contributed by atoms with Crippen LogP contribution in [0.1, 0.15) is 31.7 Å². The Balaban J connectivity index is 2.17. The first-order chi connectivity index (χ1) is 13.0. The summed E-state index contributed by atoms with van der Waals surface area (Å²) in [6.07, 6.45) is 0.363. The molecule has 1 heterocycles. The van der Waals surface area contributed by atoms with Gasteiger partial charge in [-0.3, -0.25) is 0 Å². The number of hydrogen-bond donors (Lipinski definition) is 0. The van der Waals surface area contributed by atoms with Gasteiger partial charge in [0.05, 0.1) is 11.0 Å². The SMILES string of the molecule is CCC(C)c1c(F)c(F)c(-n2c3ccccc3c3ccccc32)c(F)c1F. The second-order valence-corrected chi connectivity index (χ2v) is 6.70. The van der Waals surface area contributed by atoms with Crippen molar-refractivity contribution in [2.45, 2.75) is 26.2 Å². The van der Waals surface area contributed by atoms with E-state index in [4.69, 9.17) is 0 Å². The predicted molar refractivity (Wildman–Crippen MR) is 99.3 cm³/mol. The van der Waals surface area contributed by atoms with E-state index in [2.05, 4.69) is 0 Å². The van der Waals surface area contributed by atoms with Gasteiger partial charge in [0, 0.05) is 16.3 Å². The maximum absolute atomic E-state index is 15.0. The van der Waals surface area contributed by atoms with Gasteiger partial charge in [-0.2, -0.15) is 0 Å². The van der Waals surface area contributed by atoms with Crippen LogP contribution in [0.2, 0.25) is 0 Å². The third kappa shape index (κ3) is 2.45. The quantitative estimate of drug-likeness (QED) is 0.274. The molecule has 138 valence electrons. The topological polar surface area (TPSA) is 4.93 Å². The number of fused-ring (bicyclic) bond motifs is 3. The smallest absolute Gasteiger partial charge is 0.186 e. The molecule has 4 aromatic rings. The van der Waals surface area contributed by atoms with E-state index < -0.39 is 40.4 Å². The van der Waals surface area contributed by atoms with Crippen LogP contribution in [0, 0.1) is 23.3 Å². The summed E-state index contributed by atoms with van der Waals surface area (Å²) < 4.78 is 60.8. The third-order valence-electron chi connectivity index (χ3n) is 5.18. The molecule has 0 aliphatic rings. The summed E-state index contributed by atoms with van der Waals surface area (Å²) in [7, 11) is 0. The Morgan fingerprint density at radius 2 is 1.19 bits per heavy atom. The fraction of sp³-hybridized carbons (Fsp3) is 0.182. The van der Waals surface area contributed by atoms with Crippen molar-refractivity contribution in [2.75, 3.05) is 0 Å². The zero-order valence-corrected chi connectivity index (χ0v) is 14.9. The molecule has 0 aliphatic carbocycles. The van der Waals surface area contributed by atoms with E-state index in [1.807, 2.05) is 12.1 Å². The van der Waals surface area contributed by atoms with E-state index in [1.54, 1.807) is 50.2 Å². The molecular formula is C22H17F4N. The largest absolute Gasteiger partial charge is 0.304 e. The second-order valence-electron chi connectivity index (χ2n) is 6.70. The standard InChI is InChI=1S/C22H17F4N/c1-3-12(2)17-18(23)20(25)22(21(26)19(17)24)27-15-10-6-4-8-13(15)14-9-5-7-11-16(14)27/h4-12H,3H2,1-2H3. The molecular weight excluding hydrogens is 354 g/mol. The van der Waals surface area contributed by atoms with E-state index in [0.29, 0.717) is 17.5 Å². The maximum Gasteiger partial charge on any atom is 0.186 e. The van der Waals surface area contributed by atoms with Gasteiger partial charge >= 0.3 is 0 Å². The van der Waals surface area contributed by atoms with Crippen LogP contribution in [-0.4, -0.2) is 4.57 Å². The number of para-hydroxylation sites is 2. The summed E-state index contributed by atoms with van der Waals surface area (Å²) in [6, 6.07) is 14.0. The van der Waals surface area contributed by atoms with Crippen molar-refractivity contribution in [2.24, 2.45) is 0 Å². The van der Waals surface area contributed by atoms with Crippen LogP contribution in [0.15, 0.2) is 48.5 Å². The molecule has 0 saturated carbocycles. The lowest BCUT2D eigenvalue weighted by Gasteiger charge is -2.17. The van der Waals surface area contributed by atoms with E-state index in [1.165, 1.54) is 4.57 Å². The van der Waals surface area contributed by atoms with Gasteiger partial charge in [0.25, 0.3) is 0 Å². The van der Waals surface area contributed by atoms with Gasteiger partial charge in [0.1, 0.15) is 5.69 Å². The number of benzene rings is 3. The maximum atomic E-state index is 15.0. The minimum Gasteiger partial charge on any atom is -0.304 e. The van der Waals surface area contributed by atoms with Crippen LogP contribution < -0.4 is 0 Å². The normalized spacial score (nSPS) is 12.8. The highest BCUT2D eigenvalue weighted by atomic mass is 19.2. The van der Waals surface area contributed by atoms with Crippen molar-refractivity contribution < 1.29 is 17.6 Å². The first-order valence-electron chi connectivity index (χ1n) is 8.81. The van der Waals surface area contributed by atoms with Gasteiger partial charge in [-0.05, 0) is 24.5 Å². The highest BCUT2D eigenvalue weighted by molar-refractivity contribution is 6.09. The van der Waals surface area contributed by atoms with E-state index >= 15 is 8.78 Å². The summed E-state index contributed by atoms with van der Waals surface area (Å²) in [4.78, 5) is 0. The van der Waals surface area contributed by atoms with E-state index in [-0.39, 0.29) is 0 Å². The van der Waals surface area contributed by atoms with Crippen molar-refractivity contribution in [1.82, 2.24) is 4.57 Å². The zero-order chi connectivity index (χ0) is 19.3. The fourth-order valence-electron chi connectivity index (χ4n) is 3.63. The van der Waals surface area contributed by atoms with Gasteiger partial charge in [0.2, 0.25) is 0 Å². The Kier molecular flexibility index (Phi) is 4.17. The Bertz CT molecular complexity index is 1090. The first-order valence-corrected chi connectivity index (χ1v) is 8.81. The minimum atomic E-state index is -1.38. The molecule has 0 amide bonds. The van der Waals surface area contributed by atoms with Crippen molar-refractivity contribution in [3.8, 4) is 5.69 Å². The van der Waals surface area contributed by atoms with Gasteiger partial charge in [-0.15, -0.1) is 0 Å². The summed E-state index contributed by atoms with van der Waals surface area (Å²) >= 11 is 0. The van der Waals surface area contributed by atoms with Crippen LogP contribution in [0.4, 0.5) is 17.6 Å². The van der Waals surface area contributed by atoms with Crippen LogP contribution in [-0.2, 0) is 0 Å². The van der Waals surface area contributed by atoms with Crippen LogP contribution in [0.5, 0.6) is 0 Å². The molecule has 5 heteroatoms. The zero-order valence-electron chi connectivity index (χ0n) is 14.9. The Hall–Kier alpha value is -2.82. The summed E-state index contributed by atoms with van der Waals surface area (Å²) in [6.45, 7) is 3.25. The molecule has 27 heavy (non-hydrogen) atoms. The van der Waals surface area contributed by atoms with Gasteiger partial charge < -0.3 is 4.57 Å². The number of hydrogen-bond acceptors (Lipinski definition) is 0. The average Bonchev–Trinajstić information content (AvgIpc) is 3.01. The van der Waals surface area contributed by atoms with Gasteiger partial charge in [-0.25, -0.2) is 17.6 Å². The van der Waals surface area contributed by atoms with Crippen molar-refractivity contribution >= 4 is 21.8 Å². The summed E-state index contributed by atoms with van der Waals surface area (Å²) in [5.74, 6) is -6.06. The highest BCUT2D eigenvalue weighted by Gasteiger charge is 2.30. The molecule has 1 unspecified atom stereocenters. The van der Waals surface area contributed by atoms with E-state index in [9.17, 15) is 8.78 Å². The molecule has 3 aromatic carbocycles. The molecule has 4 rings (SSSR count). The summed E-state index contributed by atoms with van der Waals surface area (Å²) in [5.41, 5.74) is -0.315. The molecule has 0 bridgehead atoms. The molecule has 0 N–H and O–H groups in total. The average molecular weight is 371 g/mol. The van der Waals surface area contributed by atoms with Crippen molar-refractivity contribution in [3.05, 3.63) is 77.4 Å². The van der Waals surface area contributed by atoms with Gasteiger partial charge in [-0.1, -0.05) is 50.2 Å². The minimum absolute atomic E-state index is 0.363. The molecule has 1 aromatic heterocycles. The Labute approximate surface area is 153 Å². The molecule has 0 spiro atoms. The van der Waals surface area contributed by atoms with E-state index in [0.717, 1.165) is 10.8 Å². The molecule has 1 nitrogen and oxygen atoms in total. The van der Waals surface area contributed by atoms with Gasteiger partial charge in [0.15, 0.2) is 23.3 Å². The number of nitrogens with zero attached hydrogens (tertiary/aromatic N) is 1. The lowest BCUT2D eigenvalue weighted by Crippen LogP contribution is -2.12. The van der Waals surface area contributed by atoms with Crippen LogP contribution in [0.3, 0.4) is 0 Å². The fourth-order valence-corrected chi connectivity index (χ4v) is 3.63. The van der Waals surface area contributed by atoms with Crippen molar-refractivity contribution in [1.29, 1.82) is 0 Å². The summed E-state index contributed by atoms with van der Waals surface area (Å²) in [5, 5.41) is 1.50. The Morgan fingerprint density at radius 3 is 1.63 bits per heavy atom. The second kappa shape index (κ2) is 6.41. The third-order valence-corrected chi connectivity index (χ3v) is 5.18. The number of halogens is 4. The molecule has 0 fully saturated rings. The monoisotopic (exact) mass is 371 g/mol. The molecule has 0 aliphatic heterocycles. The lowest BCUT2D eigenvalue weighted by molar-refractivity contribution is 0.424. The van der Waals surface area contributed by atoms with Crippen LogP contribution in [0.25, 0.3) is 27.5 Å². The molecule has 0 saturated heterocycles. The predicted octanol–water partition coefficient (Wildman–Crippen LogP) is 6.85.